The molecule has 0 bridgehead atoms. The van der Waals surface area contributed by atoms with Crippen LogP contribution in [-0.2, 0) is 35.4 Å². The van der Waals surface area contributed by atoms with Crippen LogP contribution in [0.5, 0.6) is 0 Å². The van der Waals surface area contributed by atoms with Crippen molar-refractivity contribution in [2.45, 2.75) is 32.2 Å². The molecule has 1 aliphatic rings. The molecule has 0 spiro atoms. The van der Waals surface area contributed by atoms with Crippen LogP contribution < -0.4 is 5.32 Å². The van der Waals surface area contributed by atoms with Gasteiger partial charge in [0.05, 0.1) is 18.5 Å². The van der Waals surface area contributed by atoms with Crippen molar-refractivity contribution in [2.75, 3.05) is 11.9 Å². The third kappa shape index (κ3) is 4.98. The highest BCUT2D eigenvalue weighted by molar-refractivity contribution is 7.16. The van der Waals surface area contributed by atoms with Crippen molar-refractivity contribution >= 4 is 28.2 Å². The lowest BCUT2D eigenvalue weighted by molar-refractivity contribution is -0.131. The highest BCUT2D eigenvalue weighted by atomic mass is 32.1. The van der Waals surface area contributed by atoms with Crippen LogP contribution in [0.1, 0.15) is 33.7 Å². The molecule has 0 radical (unpaired) electrons. The van der Waals surface area contributed by atoms with E-state index in [9.17, 15) is 14.9 Å². The summed E-state index contributed by atoms with van der Waals surface area (Å²) in [6, 6.07) is 17.6. The Bertz CT molecular complexity index is 1120. The Morgan fingerprint density at radius 1 is 1.16 bits per heavy atom. The molecule has 0 fully saturated rings. The van der Waals surface area contributed by atoms with Gasteiger partial charge in [-0.05, 0) is 36.1 Å². The molecule has 2 aromatic heterocycles. The molecule has 3 heterocycles. The van der Waals surface area contributed by atoms with Crippen molar-refractivity contribution in [3.8, 4) is 6.07 Å². The number of thiophene rings is 1. The average molecular weight is 431 g/mol. The van der Waals surface area contributed by atoms with Crippen LogP contribution in [0.15, 0.2) is 54.7 Å². The maximum absolute atomic E-state index is 12.7. The molecule has 0 atom stereocenters. The fourth-order valence-corrected chi connectivity index (χ4v) is 4.91. The van der Waals surface area contributed by atoms with E-state index in [2.05, 4.69) is 16.4 Å². The summed E-state index contributed by atoms with van der Waals surface area (Å²) in [5.41, 5.74) is 3.33. The normalized spacial score (nSPS) is 12.7. The molecule has 0 aliphatic carbocycles. The predicted octanol–water partition coefficient (Wildman–Crippen LogP) is 3.71. The molecule has 156 valence electrons. The van der Waals surface area contributed by atoms with Crippen molar-refractivity contribution < 1.29 is 9.59 Å². The zero-order chi connectivity index (χ0) is 21.6. The molecule has 31 heavy (non-hydrogen) atoms. The summed E-state index contributed by atoms with van der Waals surface area (Å²) in [6.45, 7) is 1.02. The van der Waals surface area contributed by atoms with Gasteiger partial charge in [0.15, 0.2) is 0 Å². The smallest absolute Gasteiger partial charge is 0.228 e. The number of amides is 2. The number of anilines is 1. The highest BCUT2D eigenvalue weighted by Gasteiger charge is 2.27. The van der Waals surface area contributed by atoms with Crippen LogP contribution in [0, 0.1) is 11.3 Å². The van der Waals surface area contributed by atoms with Crippen molar-refractivity contribution in [1.82, 2.24) is 9.88 Å². The first kappa shape index (κ1) is 20.8. The quantitative estimate of drug-likeness (QED) is 0.646. The maximum atomic E-state index is 12.7. The number of hydrogen-bond donors (Lipinski definition) is 1. The van der Waals surface area contributed by atoms with Crippen molar-refractivity contribution in [3.05, 3.63) is 82.0 Å². The van der Waals surface area contributed by atoms with Crippen molar-refractivity contribution in [1.29, 1.82) is 5.26 Å². The highest BCUT2D eigenvalue weighted by Crippen LogP contribution is 2.36. The number of nitriles is 1. The Morgan fingerprint density at radius 3 is 2.71 bits per heavy atom. The lowest BCUT2D eigenvalue weighted by Crippen LogP contribution is -2.36. The van der Waals surface area contributed by atoms with E-state index >= 15 is 0 Å². The number of aromatic nitrogens is 1. The first-order valence-corrected chi connectivity index (χ1v) is 11.0. The van der Waals surface area contributed by atoms with Crippen molar-refractivity contribution in [3.63, 3.8) is 0 Å². The van der Waals surface area contributed by atoms with Crippen LogP contribution in [0.2, 0.25) is 0 Å². The maximum Gasteiger partial charge on any atom is 0.228 e. The van der Waals surface area contributed by atoms with Gasteiger partial charge in [0.1, 0.15) is 11.1 Å². The van der Waals surface area contributed by atoms with E-state index in [0.717, 1.165) is 21.7 Å². The van der Waals surface area contributed by atoms with Gasteiger partial charge in [0.2, 0.25) is 11.8 Å². The largest absolute Gasteiger partial charge is 0.337 e. The number of benzene rings is 1. The molecule has 3 aromatic rings. The Labute approximate surface area is 185 Å². The van der Waals surface area contributed by atoms with E-state index in [1.54, 1.807) is 11.1 Å². The minimum atomic E-state index is -0.109. The number of aryl methyl sites for hydroxylation is 1. The molecular weight excluding hydrogens is 408 g/mol. The standard InChI is InChI=1S/C24H22N4O2S/c25-15-20-19-11-13-28(23(30)14-18-8-4-5-12-26-18)16-21(19)31-24(20)27-22(29)10-9-17-6-2-1-3-7-17/h1-8,12H,9-11,13-14,16H2,(H,27,29). The molecule has 1 aromatic carbocycles. The second-order valence-corrected chi connectivity index (χ2v) is 8.52. The van der Waals surface area contributed by atoms with Crippen molar-refractivity contribution in [2.24, 2.45) is 0 Å². The van der Waals surface area contributed by atoms with E-state index < -0.39 is 0 Å². The number of nitrogens with one attached hydrogen (secondary N) is 1. The molecule has 0 saturated carbocycles. The zero-order valence-electron chi connectivity index (χ0n) is 17.0. The van der Waals surface area contributed by atoms with E-state index in [-0.39, 0.29) is 18.2 Å². The second-order valence-electron chi connectivity index (χ2n) is 7.42. The second kappa shape index (κ2) is 9.54. The summed E-state index contributed by atoms with van der Waals surface area (Å²) in [5, 5.41) is 13.2. The van der Waals surface area contributed by atoms with Gasteiger partial charge in [-0.15, -0.1) is 11.3 Å². The molecule has 2 amide bonds. The van der Waals surface area contributed by atoms with Gasteiger partial charge in [-0.2, -0.15) is 5.26 Å². The van der Waals surface area contributed by atoms with Gasteiger partial charge in [0.25, 0.3) is 0 Å². The Hall–Kier alpha value is -3.50. The number of carbonyl (C=O) groups is 2. The molecule has 0 unspecified atom stereocenters. The Kier molecular flexibility index (Phi) is 6.39. The lowest BCUT2D eigenvalue weighted by Gasteiger charge is -2.27. The van der Waals surface area contributed by atoms with Crippen LogP contribution in [0.4, 0.5) is 5.00 Å². The van der Waals surface area contributed by atoms with E-state index in [4.69, 9.17) is 0 Å². The molecular formula is C24H22N4O2S. The van der Waals surface area contributed by atoms with Crippen LogP contribution in [0.25, 0.3) is 0 Å². The molecule has 6 nitrogen and oxygen atoms in total. The summed E-state index contributed by atoms with van der Waals surface area (Å²) < 4.78 is 0. The van der Waals surface area contributed by atoms with E-state index in [0.29, 0.717) is 42.9 Å². The summed E-state index contributed by atoms with van der Waals surface area (Å²) in [5.74, 6) is -0.0910. The average Bonchev–Trinajstić information content (AvgIpc) is 3.15. The topological polar surface area (TPSA) is 86.1 Å². The molecule has 4 rings (SSSR count). The third-order valence-electron chi connectivity index (χ3n) is 5.32. The van der Waals surface area contributed by atoms with Gasteiger partial charge in [-0.1, -0.05) is 36.4 Å². The molecule has 1 N–H and O–H groups in total. The fraction of sp³-hybridized carbons (Fsp3) is 0.250. The summed E-state index contributed by atoms with van der Waals surface area (Å²) in [4.78, 5) is 32.1. The van der Waals surface area contributed by atoms with Gasteiger partial charge < -0.3 is 10.2 Å². The number of pyridine rings is 1. The Morgan fingerprint density at radius 2 is 1.97 bits per heavy atom. The number of carbonyl (C=O) groups excluding carboxylic acids is 2. The summed E-state index contributed by atoms with van der Waals surface area (Å²) >= 11 is 1.40. The summed E-state index contributed by atoms with van der Waals surface area (Å²) in [6.07, 6.45) is 3.56. The van der Waals surface area contributed by atoms with Crippen LogP contribution in [-0.4, -0.2) is 28.2 Å². The SMILES string of the molecule is N#Cc1c(NC(=O)CCc2ccccc2)sc2c1CCN(C(=O)Cc1ccccn1)C2. The molecule has 1 aliphatic heterocycles. The van der Waals surface area contributed by atoms with E-state index in [1.165, 1.54) is 11.3 Å². The van der Waals surface area contributed by atoms with Crippen LogP contribution >= 0.6 is 11.3 Å². The number of hydrogen-bond acceptors (Lipinski definition) is 5. The number of fused-ring (bicyclic) bond motifs is 1. The Balaban J connectivity index is 1.41. The predicted molar refractivity (Wildman–Crippen MR) is 119 cm³/mol. The molecule has 0 saturated heterocycles. The van der Waals surface area contributed by atoms with Gasteiger partial charge in [-0.25, -0.2) is 0 Å². The van der Waals surface area contributed by atoms with Gasteiger partial charge in [0, 0.05) is 29.7 Å². The van der Waals surface area contributed by atoms with E-state index in [1.807, 2.05) is 48.5 Å². The molecule has 7 heteroatoms. The monoisotopic (exact) mass is 430 g/mol. The van der Waals surface area contributed by atoms with Gasteiger partial charge in [-0.3, -0.25) is 14.6 Å². The lowest BCUT2D eigenvalue weighted by atomic mass is 10.0. The number of nitrogens with zero attached hydrogens (tertiary/aromatic N) is 3. The third-order valence-corrected chi connectivity index (χ3v) is 6.45. The minimum Gasteiger partial charge on any atom is -0.337 e. The first-order valence-electron chi connectivity index (χ1n) is 10.2. The fourth-order valence-electron chi connectivity index (χ4n) is 3.68. The number of rotatable bonds is 6. The van der Waals surface area contributed by atoms with Crippen LogP contribution in [0.3, 0.4) is 0 Å². The zero-order valence-corrected chi connectivity index (χ0v) is 17.8. The summed E-state index contributed by atoms with van der Waals surface area (Å²) in [7, 11) is 0. The van der Waals surface area contributed by atoms with Gasteiger partial charge >= 0.3 is 0 Å². The first-order chi connectivity index (χ1) is 15.1. The minimum absolute atomic E-state index is 0.0182.